The third-order valence-electron chi connectivity index (χ3n) is 4.10. The summed E-state index contributed by atoms with van der Waals surface area (Å²) >= 11 is 2.57. The molecular weight excluding hydrogens is 472 g/mol. The first-order valence-electron chi connectivity index (χ1n) is 9.47. The minimum atomic E-state index is -3.41. The number of anilines is 2. The van der Waals surface area contributed by atoms with Crippen LogP contribution in [0.15, 0.2) is 57.1 Å². The third-order valence-corrected chi connectivity index (χ3v) is 7.72. The molecule has 0 atom stereocenters. The van der Waals surface area contributed by atoms with Crippen LogP contribution in [-0.2, 0) is 10.0 Å². The summed E-state index contributed by atoms with van der Waals surface area (Å²) in [5.41, 5.74) is 1.58. The van der Waals surface area contributed by atoms with E-state index in [1.807, 2.05) is 12.3 Å². The molecule has 0 radical (unpaired) electrons. The lowest BCUT2D eigenvalue weighted by Crippen LogP contribution is -2.16. The highest BCUT2D eigenvalue weighted by molar-refractivity contribution is 8.01. The topological polar surface area (TPSA) is 131 Å². The average molecular weight is 493 g/mol. The Balaban J connectivity index is 1.73. The molecule has 32 heavy (non-hydrogen) atoms. The third kappa shape index (κ3) is 6.28. The van der Waals surface area contributed by atoms with Crippen molar-refractivity contribution in [3.8, 4) is 0 Å². The Morgan fingerprint density at radius 1 is 1.19 bits per heavy atom. The van der Waals surface area contributed by atoms with E-state index >= 15 is 0 Å². The van der Waals surface area contributed by atoms with E-state index in [2.05, 4.69) is 15.0 Å². The second kappa shape index (κ2) is 10.1. The van der Waals surface area contributed by atoms with E-state index in [0.29, 0.717) is 27.0 Å². The van der Waals surface area contributed by atoms with E-state index in [9.17, 15) is 23.3 Å². The Bertz CT molecular complexity index is 1240. The van der Waals surface area contributed by atoms with Gasteiger partial charge < -0.3 is 5.32 Å². The van der Waals surface area contributed by atoms with Gasteiger partial charge in [-0.15, -0.1) is 11.3 Å². The van der Waals surface area contributed by atoms with Crippen molar-refractivity contribution in [2.24, 2.45) is 0 Å². The number of nitro benzene ring substituents is 1. The molecule has 1 heterocycles. The maximum atomic E-state index is 12.6. The average Bonchev–Trinajstić information content (AvgIpc) is 3.13. The van der Waals surface area contributed by atoms with Crippen LogP contribution in [-0.4, -0.2) is 30.0 Å². The Hall–Kier alpha value is -2.96. The van der Waals surface area contributed by atoms with Gasteiger partial charge in [0.2, 0.25) is 10.0 Å². The minimum Gasteiger partial charge on any atom is -0.322 e. The second-order valence-electron chi connectivity index (χ2n) is 6.75. The van der Waals surface area contributed by atoms with Gasteiger partial charge in [-0.2, -0.15) is 0 Å². The summed E-state index contributed by atoms with van der Waals surface area (Å²) in [5.74, 6) is -0.505. The highest BCUT2D eigenvalue weighted by Gasteiger charge is 2.20. The Morgan fingerprint density at radius 2 is 1.88 bits per heavy atom. The molecule has 168 valence electrons. The fourth-order valence-corrected chi connectivity index (χ4v) is 5.70. The van der Waals surface area contributed by atoms with E-state index in [1.54, 1.807) is 19.1 Å². The zero-order valence-corrected chi connectivity index (χ0v) is 19.6. The van der Waals surface area contributed by atoms with Gasteiger partial charge in [-0.05, 0) is 49.7 Å². The zero-order chi connectivity index (χ0) is 23.3. The molecule has 2 aromatic carbocycles. The Morgan fingerprint density at radius 3 is 2.47 bits per heavy atom. The van der Waals surface area contributed by atoms with Gasteiger partial charge in [0.1, 0.15) is 0 Å². The first kappa shape index (κ1) is 23.7. The van der Waals surface area contributed by atoms with Gasteiger partial charge in [-0.3, -0.25) is 19.6 Å². The van der Waals surface area contributed by atoms with Gasteiger partial charge in [0, 0.05) is 34.1 Å². The number of carbonyl (C=O) groups excluding carboxylic acids is 1. The molecule has 1 aromatic heterocycles. The summed E-state index contributed by atoms with van der Waals surface area (Å²) in [4.78, 5) is 28.3. The number of aryl methyl sites for hydroxylation is 1. The summed E-state index contributed by atoms with van der Waals surface area (Å²) in [5, 5.41) is 16.0. The quantitative estimate of drug-likeness (QED) is 0.320. The van der Waals surface area contributed by atoms with Crippen molar-refractivity contribution in [3.63, 3.8) is 0 Å². The van der Waals surface area contributed by atoms with Crippen molar-refractivity contribution in [1.29, 1.82) is 0 Å². The van der Waals surface area contributed by atoms with Crippen LogP contribution < -0.4 is 10.0 Å². The lowest BCUT2D eigenvalue weighted by Gasteiger charge is -2.09. The Kier molecular flexibility index (Phi) is 7.48. The van der Waals surface area contributed by atoms with Gasteiger partial charge in [-0.25, -0.2) is 13.4 Å². The molecule has 0 saturated heterocycles. The first-order valence-corrected chi connectivity index (χ1v) is 12.8. The monoisotopic (exact) mass is 492 g/mol. The van der Waals surface area contributed by atoms with Crippen LogP contribution in [0.25, 0.3) is 0 Å². The van der Waals surface area contributed by atoms with Crippen LogP contribution in [0.4, 0.5) is 17.1 Å². The number of hydrogen-bond donors (Lipinski definition) is 2. The predicted octanol–water partition coefficient (Wildman–Crippen LogP) is 4.91. The number of aromatic nitrogens is 1. The van der Waals surface area contributed by atoms with Gasteiger partial charge in [0.25, 0.3) is 11.6 Å². The lowest BCUT2D eigenvalue weighted by molar-refractivity contribution is -0.387. The van der Waals surface area contributed by atoms with Crippen molar-refractivity contribution in [1.82, 2.24) is 4.98 Å². The number of rotatable bonds is 9. The van der Waals surface area contributed by atoms with Gasteiger partial charge in [-0.1, -0.05) is 18.7 Å². The number of hydrogen-bond acceptors (Lipinski definition) is 8. The van der Waals surface area contributed by atoms with Gasteiger partial charge >= 0.3 is 0 Å². The molecular formula is C20H20N4O5S3. The summed E-state index contributed by atoms with van der Waals surface area (Å²) in [7, 11) is -3.41. The van der Waals surface area contributed by atoms with E-state index in [4.69, 9.17) is 0 Å². The molecule has 2 N–H and O–H groups in total. The summed E-state index contributed by atoms with van der Waals surface area (Å²) in [6.45, 7) is 3.61. The van der Waals surface area contributed by atoms with Crippen molar-refractivity contribution in [2.45, 2.75) is 29.5 Å². The summed E-state index contributed by atoms with van der Waals surface area (Å²) < 4.78 is 26.8. The SMILES string of the molecule is CCCS(=O)(=O)Nc1ccc(NC(=O)c2ccc(Sc3nc(C)cs3)c([N+](=O)[O-])c2)cc1. The number of carbonyl (C=O) groups is 1. The second-order valence-corrected chi connectivity index (χ2v) is 10.7. The van der Waals surface area contributed by atoms with Crippen molar-refractivity contribution in [3.05, 3.63) is 69.2 Å². The highest BCUT2D eigenvalue weighted by atomic mass is 32.2. The summed E-state index contributed by atoms with van der Waals surface area (Å²) in [6, 6.07) is 10.4. The van der Waals surface area contributed by atoms with Crippen LogP contribution in [0.3, 0.4) is 0 Å². The molecule has 0 unspecified atom stereocenters. The van der Waals surface area contributed by atoms with Crippen LogP contribution in [0, 0.1) is 17.0 Å². The van der Waals surface area contributed by atoms with Crippen molar-refractivity contribution < 1.29 is 18.1 Å². The molecule has 1 amide bonds. The number of benzene rings is 2. The van der Waals surface area contributed by atoms with E-state index in [1.165, 1.54) is 53.4 Å². The number of thiazole rings is 1. The van der Waals surface area contributed by atoms with Crippen LogP contribution in [0.1, 0.15) is 29.4 Å². The molecule has 3 aromatic rings. The number of sulfonamides is 1. The maximum Gasteiger partial charge on any atom is 0.284 e. The van der Waals surface area contributed by atoms with E-state index in [-0.39, 0.29) is 17.0 Å². The molecule has 0 aliphatic heterocycles. The van der Waals surface area contributed by atoms with E-state index in [0.717, 1.165) is 5.69 Å². The van der Waals surface area contributed by atoms with Crippen LogP contribution in [0.5, 0.6) is 0 Å². The molecule has 0 spiro atoms. The number of nitro groups is 1. The largest absolute Gasteiger partial charge is 0.322 e. The molecule has 12 heteroatoms. The zero-order valence-electron chi connectivity index (χ0n) is 17.2. The van der Waals surface area contributed by atoms with E-state index < -0.39 is 20.9 Å². The summed E-state index contributed by atoms with van der Waals surface area (Å²) in [6.07, 6.45) is 0.496. The molecule has 9 nitrogen and oxygen atoms in total. The van der Waals surface area contributed by atoms with Crippen LogP contribution >= 0.6 is 23.1 Å². The highest BCUT2D eigenvalue weighted by Crippen LogP contribution is 2.36. The van der Waals surface area contributed by atoms with Crippen molar-refractivity contribution >= 4 is 56.1 Å². The number of amides is 1. The number of nitrogens with zero attached hydrogens (tertiary/aromatic N) is 2. The minimum absolute atomic E-state index is 0.0146. The fraction of sp³-hybridized carbons (Fsp3) is 0.200. The van der Waals surface area contributed by atoms with Gasteiger partial charge in [0.05, 0.1) is 15.6 Å². The molecule has 0 fully saturated rings. The van der Waals surface area contributed by atoms with Crippen LogP contribution in [0.2, 0.25) is 0 Å². The molecule has 0 aliphatic rings. The molecule has 0 bridgehead atoms. The smallest absolute Gasteiger partial charge is 0.284 e. The Labute approximate surface area is 193 Å². The van der Waals surface area contributed by atoms with Gasteiger partial charge in [0.15, 0.2) is 4.34 Å². The lowest BCUT2D eigenvalue weighted by atomic mass is 10.2. The normalized spacial score (nSPS) is 11.2. The molecule has 0 aliphatic carbocycles. The standard InChI is InChI=1S/C20H20N4O5S3/c1-3-10-32(28,29)23-16-7-5-15(6-8-16)22-19(25)14-4-9-18(17(11-14)24(26)27)31-20-21-13(2)12-30-20/h4-9,11-12,23H,3,10H2,1-2H3,(H,22,25). The number of nitrogens with one attached hydrogen (secondary N) is 2. The predicted molar refractivity (Wildman–Crippen MR) is 126 cm³/mol. The molecule has 3 rings (SSSR count). The molecule has 0 saturated carbocycles. The van der Waals surface area contributed by atoms with Crippen molar-refractivity contribution in [2.75, 3.05) is 15.8 Å². The fourth-order valence-electron chi connectivity index (χ4n) is 2.69. The first-order chi connectivity index (χ1) is 15.2. The maximum absolute atomic E-state index is 12.6.